The highest BCUT2D eigenvalue weighted by Crippen LogP contribution is 2.34. The minimum absolute atomic E-state index is 0.546. The van der Waals surface area contributed by atoms with Gasteiger partial charge in [0.1, 0.15) is 5.82 Å². The van der Waals surface area contributed by atoms with Crippen LogP contribution in [0, 0.1) is 0 Å². The summed E-state index contributed by atoms with van der Waals surface area (Å²) in [5, 5.41) is 8.48. The van der Waals surface area contributed by atoms with Crippen LogP contribution in [0.3, 0.4) is 0 Å². The van der Waals surface area contributed by atoms with Gasteiger partial charge in [-0.05, 0) is 42.8 Å². The first-order chi connectivity index (χ1) is 14.2. The SMILES string of the molecule is CC1=C(Nc2nc(-c3ccccc3Cl)nc3ncccc23)c2ccccc2NC1. The standard InChI is InChI=1S/C23H18ClN5/c1-14-13-26-19-11-5-3-8-16(19)20(14)27-23-17-9-6-12-25-21(17)28-22(29-23)15-7-2-4-10-18(15)24/h2-12,26H,13H2,1H3,(H,25,27,28,29). The van der Waals surface area contributed by atoms with Crippen LogP contribution >= 0.6 is 11.6 Å². The Morgan fingerprint density at radius 1 is 0.931 bits per heavy atom. The third-order valence-corrected chi connectivity index (χ3v) is 5.33. The second kappa shape index (κ2) is 7.18. The van der Waals surface area contributed by atoms with Crippen molar-refractivity contribution >= 4 is 39.8 Å². The highest BCUT2D eigenvalue weighted by molar-refractivity contribution is 6.33. The fraction of sp³-hybridized carbons (Fsp3) is 0.0870. The third-order valence-electron chi connectivity index (χ3n) is 5.00. The van der Waals surface area contributed by atoms with Gasteiger partial charge in [0, 0.05) is 35.3 Å². The number of benzene rings is 2. The van der Waals surface area contributed by atoms with Crippen molar-refractivity contribution in [1.82, 2.24) is 15.0 Å². The van der Waals surface area contributed by atoms with Crippen molar-refractivity contribution in [2.75, 3.05) is 17.2 Å². The molecule has 1 aliphatic rings. The molecule has 6 heteroatoms. The van der Waals surface area contributed by atoms with Crippen LogP contribution < -0.4 is 10.6 Å². The van der Waals surface area contributed by atoms with Gasteiger partial charge in [0.15, 0.2) is 11.5 Å². The van der Waals surface area contributed by atoms with Gasteiger partial charge in [0.05, 0.1) is 10.4 Å². The Morgan fingerprint density at radius 3 is 2.59 bits per heavy atom. The summed E-state index contributed by atoms with van der Waals surface area (Å²) in [5.41, 5.74) is 5.88. The van der Waals surface area contributed by atoms with E-state index in [2.05, 4.69) is 39.7 Å². The van der Waals surface area contributed by atoms with Gasteiger partial charge in [-0.15, -0.1) is 0 Å². The molecule has 0 unspecified atom stereocenters. The van der Waals surface area contributed by atoms with Gasteiger partial charge >= 0.3 is 0 Å². The summed E-state index contributed by atoms with van der Waals surface area (Å²) in [4.78, 5) is 13.9. The molecule has 0 amide bonds. The number of hydrogen-bond acceptors (Lipinski definition) is 5. The molecule has 5 nitrogen and oxygen atoms in total. The summed E-state index contributed by atoms with van der Waals surface area (Å²) in [5.74, 6) is 1.26. The van der Waals surface area contributed by atoms with Crippen molar-refractivity contribution in [3.63, 3.8) is 0 Å². The van der Waals surface area contributed by atoms with Crippen LogP contribution in [0.25, 0.3) is 28.1 Å². The predicted octanol–water partition coefficient (Wildman–Crippen LogP) is 5.61. The lowest BCUT2D eigenvalue weighted by Crippen LogP contribution is -2.17. The average molecular weight is 400 g/mol. The molecule has 142 valence electrons. The topological polar surface area (TPSA) is 62.7 Å². The quantitative estimate of drug-likeness (QED) is 0.468. The van der Waals surface area contributed by atoms with Crippen LogP contribution in [0.1, 0.15) is 12.5 Å². The van der Waals surface area contributed by atoms with Crippen LogP contribution in [0.5, 0.6) is 0 Å². The molecule has 4 aromatic rings. The molecule has 0 saturated heterocycles. The fourth-order valence-electron chi connectivity index (χ4n) is 3.51. The smallest absolute Gasteiger partial charge is 0.165 e. The molecule has 29 heavy (non-hydrogen) atoms. The Kier molecular flexibility index (Phi) is 4.37. The number of hydrogen-bond donors (Lipinski definition) is 2. The van der Waals surface area contributed by atoms with E-state index < -0.39 is 0 Å². The summed E-state index contributed by atoms with van der Waals surface area (Å²) >= 11 is 6.41. The maximum atomic E-state index is 6.41. The van der Waals surface area contributed by atoms with E-state index in [4.69, 9.17) is 16.6 Å². The highest BCUT2D eigenvalue weighted by Gasteiger charge is 2.19. The molecular formula is C23H18ClN5. The van der Waals surface area contributed by atoms with Gasteiger partial charge in [0.25, 0.3) is 0 Å². The Balaban J connectivity index is 1.68. The lowest BCUT2D eigenvalue weighted by Gasteiger charge is -2.24. The number of nitrogens with one attached hydrogen (secondary N) is 2. The molecular weight excluding hydrogens is 382 g/mol. The largest absolute Gasteiger partial charge is 0.381 e. The zero-order valence-corrected chi connectivity index (χ0v) is 16.5. The van der Waals surface area contributed by atoms with Crippen molar-refractivity contribution < 1.29 is 0 Å². The number of para-hydroxylation sites is 1. The lowest BCUT2D eigenvalue weighted by atomic mass is 10.0. The summed E-state index contributed by atoms with van der Waals surface area (Å²) in [7, 11) is 0. The normalized spacial score (nSPS) is 13.2. The van der Waals surface area contributed by atoms with Gasteiger partial charge < -0.3 is 10.6 Å². The van der Waals surface area contributed by atoms with E-state index >= 15 is 0 Å². The van der Waals surface area contributed by atoms with Gasteiger partial charge in [-0.25, -0.2) is 15.0 Å². The first-order valence-electron chi connectivity index (χ1n) is 9.38. The lowest BCUT2D eigenvalue weighted by molar-refractivity contribution is 1.15. The number of rotatable bonds is 3. The van der Waals surface area contributed by atoms with E-state index in [1.807, 2.05) is 48.5 Å². The van der Waals surface area contributed by atoms with Gasteiger partial charge in [-0.1, -0.05) is 41.9 Å². The molecule has 5 rings (SSSR count). The van der Waals surface area contributed by atoms with Crippen LogP contribution in [-0.2, 0) is 0 Å². The molecule has 0 aliphatic carbocycles. The molecule has 2 aromatic heterocycles. The van der Waals surface area contributed by atoms with Crippen LogP contribution in [-0.4, -0.2) is 21.5 Å². The summed E-state index contributed by atoms with van der Waals surface area (Å²) in [6.45, 7) is 2.89. The van der Waals surface area contributed by atoms with Crippen molar-refractivity contribution in [2.24, 2.45) is 0 Å². The van der Waals surface area contributed by atoms with E-state index in [1.165, 1.54) is 5.57 Å². The third kappa shape index (κ3) is 3.19. The molecule has 0 radical (unpaired) electrons. The van der Waals surface area contributed by atoms with E-state index in [1.54, 1.807) is 6.20 Å². The van der Waals surface area contributed by atoms with Crippen LogP contribution in [0.4, 0.5) is 11.5 Å². The van der Waals surface area contributed by atoms with Crippen LogP contribution in [0.15, 0.2) is 72.4 Å². The predicted molar refractivity (Wildman–Crippen MR) is 119 cm³/mol. The van der Waals surface area contributed by atoms with Crippen molar-refractivity contribution in [2.45, 2.75) is 6.92 Å². The van der Waals surface area contributed by atoms with E-state index in [9.17, 15) is 0 Å². The maximum Gasteiger partial charge on any atom is 0.165 e. The number of nitrogens with zero attached hydrogens (tertiary/aromatic N) is 3. The number of fused-ring (bicyclic) bond motifs is 2. The van der Waals surface area contributed by atoms with E-state index in [0.717, 1.165) is 34.4 Å². The number of halogens is 1. The fourth-order valence-corrected chi connectivity index (χ4v) is 3.73. The van der Waals surface area contributed by atoms with E-state index in [-0.39, 0.29) is 0 Å². The molecule has 3 heterocycles. The summed E-state index contributed by atoms with van der Waals surface area (Å²) < 4.78 is 0. The Labute approximate surface area is 173 Å². The minimum Gasteiger partial charge on any atom is -0.381 e. The average Bonchev–Trinajstić information content (AvgIpc) is 2.76. The molecule has 0 atom stereocenters. The second-order valence-corrected chi connectivity index (χ2v) is 7.34. The molecule has 0 spiro atoms. The first kappa shape index (κ1) is 17.6. The number of anilines is 2. The number of pyridine rings is 1. The van der Waals surface area contributed by atoms with Gasteiger partial charge in [0.2, 0.25) is 0 Å². The second-order valence-electron chi connectivity index (χ2n) is 6.93. The molecule has 0 fully saturated rings. The number of aromatic nitrogens is 3. The molecule has 1 aliphatic heterocycles. The Morgan fingerprint density at radius 2 is 1.72 bits per heavy atom. The molecule has 2 N–H and O–H groups in total. The highest BCUT2D eigenvalue weighted by atomic mass is 35.5. The minimum atomic E-state index is 0.546. The Hall–Kier alpha value is -3.44. The zero-order chi connectivity index (χ0) is 19.8. The molecule has 2 aromatic carbocycles. The van der Waals surface area contributed by atoms with Crippen molar-refractivity contribution in [3.8, 4) is 11.4 Å². The van der Waals surface area contributed by atoms with Crippen molar-refractivity contribution in [1.29, 1.82) is 0 Å². The van der Waals surface area contributed by atoms with Gasteiger partial charge in [-0.3, -0.25) is 0 Å². The van der Waals surface area contributed by atoms with Gasteiger partial charge in [-0.2, -0.15) is 0 Å². The Bertz CT molecular complexity index is 1270. The van der Waals surface area contributed by atoms with Crippen molar-refractivity contribution in [3.05, 3.63) is 83.0 Å². The summed E-state index contributed by atoms with van der Waals surface area (Å²) in [6.07, 6.45) is 1.74. The molecule has 0 saturated carbocycles. The van der Waals surface area contributed by atoms with E-state index in [0.29, 0.717) is 22.3 Å². The first-order valence-corrected chi connectivity index (χ1v) is 9.76. The summed E-state index contributed by atoms with van der Waals surface area (Å²) in [6, 6.07) is 19.7. The molecule has 0 bridgehead atoms. The zero-order valence-electron chi connectivity index (χ0n) is 15.8. The monoisotopic (exact) mass is 399 g/mol. The maximum absolute atomic E-state index is 6.41. The van der Waals surface area contributed by atoms with Crippen LogP contribution in [0.2, 0.25) is 5.02 Å².